The number of pyridine rings is 1. The second-order valence-corrected chi connectivity index (χ2v) is 17.0. The van der Waals surface area contributed by atoms with E-state index in [0.717, 1.165) is 22.7 Å². The van der Waals surface area contributed by atoms with Gasteiger partial charge in [0.2, 0.25) is 11.0 Å². The van der Waals surface area contributed by atoms with Crippen LogP contribution in [0.5, 0.6) is 17.6 Å². The highest BCUT2D eigenvalue weighted by atomic mass is 32.2. The maximum Gasteiger partial charge on any atom is 0.323 e. The van der Waals surface area contributed by atoms with Gasteiger partial charge < -0.3 is 18.9 Å². The van der Waals surface area contributed by atoms with E-state index in [0.29, 0.717) is 35.2 Å². The van der Waals surface area contributed by atoms with Gasteiger partial charge in [0, 0.05) is 38.3 Å². The SMILES string of the molecule is COC(=O)CCSc1nc(Oc2c(-c3ccnc(OC)c3)cccc2C(C)C)n(COCC[Si](C)(C)C)n1. The predicted octanol–water partition coefficient (Wildman–Crippen LogP) is 6.23. The molecule has 0 atom stereocenters. The van der Waals surface area contributed by atoms with E-state index < -0.39 is 8.07 Å². The summed E-state index contributed by atoms with van der Waals surface area (Å²) in [7, 11) is 1.74. The van der Waals surface area contributed by atoms with Gasteiger partial charge in [-0.2, -0.15) is 9.67 Å². The van der Waals surface area contributed by atoms with Gasteiger partial charge in [0.15, 0.2) is 0 Å². The Morgan fingerprint density at radius 2 is 1.95 bits per heavy atom. The summed E-state index contributed by atoms with van der Waals surface area (Å²) in [5, 5.41) is 5.12. The third kappa shape index (κ3) is 8.57. The van der Waals surface area contributed by atoms with Crippen molar-refractivity contribution in [2.75, 3.05) is 26.6 Å². The molecular weight excluding hydrogens is 520 g/mol. The molecule has 0 unspecified atom stereocenters. The van der Waals surface area contributed by atoms with Crippen LogP contribution in [-0.4, -0.2) is 60.4 Å². The summed E-state index contributed by atoms with van der Waals surface area (Å²) in [6.45, 7) is 12.0. The smallest absolute Gasteiger partial charge is 0.323 e. The number of nitrogens with zero attached hydrogens (tertiary/aromatic N) is 4. The lowest BCUT2D eigenvalue weighted by Crippen LogP contribution is -2.22. The molecule has 2 aromatic heterocycles. The summed E-state index contributed by atoms with van der Waals surface area (Å²) in [6, 6.07) is 11.3. The first-order chi connectivity index (χ1) is 18.1. The van der Waals surface area contributed by atoms with Crippen LogP contribution < -0.4 is 9.47 Å². The highest BCUT2D eigenvalue weighted by Crippen LogP contribution is 2.40. The molecule has 0 saturated carbocycles. The maximum atomic E-state index is 11.6. The standard InChI is InChI=1S/C27H38N4O5SSi/c1-19(2)21-9-8-10-22(20-11-13-28-23(17-20)33-3)25(21)36-27-29-26(37-15-12-24(32)34-4)30-31(27)18-35-14-16-38(5,6)7/h8-11,13,17,19H,12,14-16,18H2,1-7H3. The van der Waals surface area contributed by atoms with Crippen LogP contribution in [-0.2, 0) is 21.0 Å². The molecule has 0 bridgehead atoms. The van der Waals surface area contributed by atoms with E-state index in [1.165, 1.54) is 18.9 Å². The van der Waals surface area contributed by atoms with Gasteiger partial charge in [-0.25, -0.2) is 4.98 Å². The normalized spacial score (nSPS) is 11.6. The molecule has 0 N–H and O–H groups in total. The van der Waals surface area contributed by atoms with Crippen LogP contribution in [0.2, 0.25) is 25.7 Å². The molecule has 11 heteroatoms. The molecule has 2 heterocycles. The minimum Gasteiger partial charge on any atom is -0.481 e. The van der Waals surface area contributed by atoms with Crippen LogP contribution in [0.15, 0.2) is 41.7 Å². The van der Waals surface area contributed by atoms with Crippen molar-refractivity contribution in [3.05, 3.63) is 42.1 Å². The van der Waals surface area contributed by atoms with Gasteiger partial charge in [-0.3, -0.25) is 4.79 Å². The Balaban J connectivity index is 1.95. The summed E-state index contributed by atoms with van der Waals surface area (Å²) in [5.74, 6) is 1.64. The maximum absolute atomic E-state index is 11.6. The van der Waals surface area contributed by atoms with Crippen LogP contribution in [0.1, 0.15) is 31.7 Å². The van der Waals surface area contributed by atoms with E-state index in [1.54, 1.807) is 18.0 Å². The van der Waals surface area contributed by atoms with Gasteiger partial charge in [0.25, 0.3) is 0 Å². The Hall–Kier alpha value is -2.89. The summed E-state index contributed by atoms with van der Waals surface area (Å²) < 4.78 is 24.2. The van der Waals surface area contributed by atoms with Crippen LogP contribution in [0, 0.1) is 0 Å². The van der Waals surface area contributed by atoms with Gasteiger partial charge in [-0.1, -0.05) is 63.4 Å². The number of carbonyl (C=O) groups is 1. The van der Waals surface area contributed by atoms with Crippen molar-refractivity contribution in [2.45, 2.75) is 63.8 Å². The van der Waals surface area contributed by atoms with Crippen LogP contribution >= 0.6 is 11.8 Å². The Labute approximate surface area is 230 Å². The zero-order valence-electron chi connectivity index (χ0n) is 23.3. The molecule has 38 heavy (non-hydrogen) atoms. The first kappa shape index (κ1) is 29.7. The molecule has 0 radical (unpaired) electrons. The second kappa shape index (κ2) is 13.8. The Morgan fingerprint density at radius 1 is 1.16 bits per heavy atom. The summed E-state index contributed by atoms with van der Waals surface area (Å²) >= 11 is 1.37. The average molecular weight is 559 g/mol. The fourth-order valence-electron chi connectivity index (χ4n) is 3.52. The molecule has 0 spiro atoms. The fraction of sp³-hybridized carbons (Fsp3) is 0.481. The first-order valence-electron chi connectivity index (χ1n) is 12.6. The van der Waals surface area contributed by atoms with E-state index in [9.17, 15) is 4.79 Å². The summed E-state index contributed by atoms with van der Waals surface area (Å²) in [6.07, 6.45) is 1.98. The molecule has 0 fully saturated rings. The highest BCUT2D eigenvalue weighted by molar-refractivity contribution is 7.99. The quantitative estimate of drug-likeness (QED) is 0.0986. The molecule has 0 aliphatic heterocycles. The Morgan fingerprint density at radius 3 is 2.63 bits per heavy atom. The number of esters is 1. The molecule has 3 rings (SSSR count). The van der Waals surface area contributed by atoms with Gasteiger partial charge in [-0.15, -0.1) is 5.10 Å². The number of rotatable bonds is 14. The number of hydrogen-bond acceptors (Lipinski definition) is 9. The van der Waals surface area contributed by atoms with Gasteiger partial charge >= 0.3 is 12.0 Å². The van der Waals surface area contributed by atoms with E-state index >= 15 is 0 Å². The monoisotopic (exact) mass is 558 g/mol. The van der Waals surface area contributed by atoms with E-state index in [2.05, 4.69) is 54.6 Å². The van der Waals surface area contributed by atoms with Gasteiger partial charge in [0.1, 0.15) is 12.5 Å². The summed E-state index contributed by atoms with van der Waals surface area (Å²) in [5.41, 5.74) is 2.85. The second-order valence-electron chi connectivity index (χ2n) is 10.3. The van der Waals surface area contributed by atoms with E-state index in [1.807, 2.05) is 24.3 Å². The number of ether oxygens (including phenoxy) is 4. The van der Waals surface area contributed by atoms with Crippen molar-refractivity contribution in [1.82, 2.24) is 19.7 Å². The number of para-hydroxylation sites is 1. The highest BCUT2D eigenvalue weighted by Gasteiger charge is 2.21. The number of methoxy groups -OCH3 is 2. The minimum atomic E-state index is -1.23. The number of thioether (sulfide) groups is 1. The zero-order valence-corrected chi connectivity index (χ0v) is 25.1. The number of hydrogen-bond donors (Lipinski definition) is 0. The largest absolute Gasteiger partial charge is 0.481 e. The van der Waals surface area contributed by atoms with Crippen molar-refractivity contribution in [1.29, 1.82) is 0 Å². The third-order valence-corrected chi connectivity index (χ3v) is 8.25. The van der Waals surface area contributed by atoms with Crippen molar-refractivity contribution in [3.63, 3.8) is 0 Å². The molecule has 0 saturated heterocycles. The van der Waals surface area contributed by atoms with E-state index in [-0.39, 0.29) is 25.0 Å². The van der Waals surface area contributed by atoms with Crippen molar-refractivity contribution in [3.8, 4) is 28.8 Å². The van der Waals surface area contributed by atoms with Gasteiger partial charge in [-0.05, 0) is 29.2 Å². The third-order valence-electron chi connectivity index (χ3n) is 5.71. The zero-order chi connectivity index (χ0) is 27.7. The van der Waals surface area contributed by atoms with E-state index in [4.69, 9.17) is 18.9 Å². The lowest BCUT2D eigenvalue weighted by Gasteiger charge is -2.18. The van der Waals surface area contributed by atoms with Gasteiger partial charge in [0.05, 0.1) is 20.6 Å². The minimum absolute atomic E-state index is 0.201. The number of carbonyl (C=O) groups excluding carboxylic acids is 1. The number of aromatic nitrogens is 4. The fourth-order valence-corrected chi connectivity index (χ4v) is 5.02. The van der Waals surface area contributed by atoms with Crippen molar-refractivity contribution in [2.24, 2.45) is 0 Å². The molecule has 0 amide bonds. The molecule has 0 aliphatic carbocycles. The summed E-state index contributed by atoms with van der Waals surface area (Å²) in [4.78, 5) is 20.4. The van der Waals surface area contributed by atoms with Crippen LogP contribution in [0.4, 0.5) is 0 Å². The molecule has 9 nitrogen and oxygen atoms in total. The molecular formula is C27H38N4O5SSi. The van der Waals surface area contributed by atoms with Crippen molar-refractivity contribution < 1.29 is 23.7 Å². The molecule has 0 aliphatic rings. The topological polar surface area (TPSA) is 97.6 Å². The van der Waals surface area contributed by atoms with Crippen LogP contribution in [0.25, 0.3) is 11.1 Å². The number of benzene rings is 1. The Bertz CT molecular complexity index is 1210. The first-order valence-corrected chi connectivity index (χ1v) is 17.3. The molecule has 1 aromatic carbocycles. The lowest BCUT2D eigenvalue weighted by molar-refractivity contribution is -0.140. The lowest BCUT2D eigenvalue weighted by atomic mass is 9.96. The van der Waals surface area contributed by atoms with Crippen LogP contribution in [0.3, 0.4) is 0 Å². The Kier molecular flexibility index (Phi) is 10.7. The predicted molar refractivity (Wildman–Crippen MR) is 152 cm³/mol. The molecule has 3 aromatic rings. The average Bonchev–Trinajstić information content (AvgIpc) is 3.27. The molecule has 206 valence electrons. The van der Waals surface area contributed by atoms with Crippen molar-refractivity contribution >= 4 is 25.8 Å².